The molecule has 0 saturated heterocycles. The zero-order chi connectivity index (χ0) is 27.2. The van der Waals surface area contributed by atoms with E-state index in [1.165, 1.54) is 38.4 Å². The van der Waals surface area contributed by atoms with Crippen LogP contribution in [0.1, 0.15) is 22.7 Å². The van der Waals surface area contributed by atoms with E-state index >= 15 is 0 Å². The molecule has 1 aliphatic rings. The van der Waals surface area contributed by atoms with Crippen molar-refractivity contribution in [2.45, 2.75) is 6.04 Å². The van der Waals surface area contributed by atoms with Gasteiger partial charge in [0, 0.05) is 52.5 Å². The normalized spacial score (nSPS) is 15.1. The maximum Gasteiger partial charge on any atom is 0.0722 e. The van der Waals surface area contributed by atoms with Crippen LogP contribution in [0.4, 0.5) is 0 Å². The maximum absolute atomic E-state index is 4.40. The number of nitrogens with one attached hydrogen (secondary N) is 1. The number of hydrogen-bond acceptors (Lipinski definition) is 3. The number of para-hydroxylation sites is 1. The van der Waals surface area contributed by atoms with Crippen LogP contribution in [-0.2, 0) is 0 Å². The Hall–Kier alpha value is -5.48. The van der Waals surface area contributed by atoms with E-state index in [1.54, 1.807) is 0 Å². The Morgan fingerprint density at radius 2 is 1.39 bits per heavy atom. The molecule has 0 radical (unpaired) electrons. The summed E-state index contributed by atoms with van der Waals surface area (Å²) in [5.74, 6) is 0. The predicted octanol–water partition coefficient (Wildman–Crippen LogP) is 8.50. The minimum absolute atomic E-state index is 0.00202. The van der Waals surface area contributed by atoms with E-state index in [0.29, 0.717) is 0 Å². The molecule has 0 amide bonds. The first-order valence-electron chi connectivity index (χ1n) is 13.9. The van der Waals surface area contributed by atoms with Gasteiger partial charge in [-0.1, -0.05) is 78.9 Å². The quantitative estimate of drug-likeness (QED) is 0.250. The number of dihydropyridines is 1. The third-order valence-electron chi connectivity index (χ3n) is 8.01. The molecule has 0 bridgehead atoms. The molecule has 7 aromatic rings. The first-order chi connectivity index (χ1) is 20.3. The molecule has 4 heteroatoms. The Morgan fingerprint density at radius 1 is 0.610 bits per heavy atom. The summed E-state index contributed by atoms with van der Waals surface area (Å²) in [6, 6.07) is 38.7. The van der Waals surface area contributed by atoms with Gasteiger partial charge >= 0.3 is 0 Å². The largest absolute Gasteiger partial charge is 0.374 e. The van der Waals surface area contributed by atoms with Gasteiger partial charge in [-0.2, -0.15) is 0 Å². The van der Waals surface area contributed by atoms with Crippen molar-refractivity contribution < 1.29 is 0 Å². The Labute approximate surface area is 237 Å². The SMILES string of the molecule is C1=C(c2ccc(-n3c4ccccc4c4cnccc43)cc2)C=C(c2cccc3ccccc23)NC1c1cccnc1. The van der Waals surface area contributed by atoms with Gasteiger partial charge in [0.25, 0.3) is 0 Å². The number of fused-ring (bicyclic) bond motifs is 4. The molecule has 0 fully saturated rings. The minimum atomic E-state index is 0.00202. The number of benzene rings is 4. The van der Waals surface area contributed by atoms with Crippen LogP contribution in [0.5, 0.6) is 0 Å². The number of hydrogen-bond donors (Lipinski definition) is 1. The second-order valence-corrected chi connectivity index (χ2v) is 10.4. The van der Waals surface area contributed by atoms with Gasteiger partial charge in [0.1, 0.15) is 0 Å². The molecule has 194 valence electrons. The number of nitrogens with zero attached hydrogens (tertiary/aromatic N) is 3. The summed E-state index contributed by atoms with van der Waals surface area (Å²) in [4.78, 5) is 8.79. The van der Waals surface area contributed by atoms with Gasteiger partial charge in [-0.25, -0.2) is 0 Å². The summed E-state index contributed by atoms with van der Waals surface area (Å²) < 4.78 is 2.32. The highest BCUT2D eigenvalue weighted by Crippen LogP contribution is 2.36. The lowest BCUT2D eigenvalue weighted by atomic mass is 9.92. The molecule has 0 saturated carbocycles. The number of rotatable bonds is 4. The second kappa shape index (κ2) is 9.61. The van der Waals surface area contributed by atoms with Gasteiger partial charge in [-0.3, -0.25) is 9.97 Å². The van der Waals surface area contributed by atoms with Crippen LogP contribution >= 0.6 is 0 Å². The van der Waals surface area contributed by atoms with Crippen molar-refractivity contribution in [3.05, 3.63) is 163 Å². The molecular formula is C37H26N4. The maximum atomic E-state index is 4.40. The third kappa shape index (κ3) is 4.00. The summed E-state index contributed by atoms with van der Waals surface area (Å²) in [6.45, 7) is 0. The monoisotopic (exact) mass is 526 g/mol. The van der Waals surface area contributed by atoms with Crippen LogP contribution < -0.4 is 5.32 Å². The molecule has 1 aliphatic heterocycles. The minimum Gasteiger partial charge on any atom is -0.374 e. The second-order valence-electron chi connectivity index (χ2n) is 10.4. The molecule has 0 spiro atoms. The average molecular weight is 527 g/mol. The van der Waals surface area contributed by atoms with Gasteiger partial charge in [-0.15, -0.1) is 0 Å². The first kappa shape index (κ1) is 23.4. The zero-order valence-corrected chi connectivity index (χ0v) is 22.3. The summed E-state index contributed by atoms with van der Waals surface area (Å²) in [5.41, 5.74) is 9.24. The summed E-state index contributed by atoms with van der Waals surface area (Å²) in [6.07, 6.45) is 12.2. The van der Waals surface area contributed by atoms with Crippen LogP contribution in [0.2, 0.25) is 0 Å². The van der Waals surface area contributed by atoms with Gasteiger partial charge in [0.15, 0.2) is 0 Å². The van der Waals surface area contributed by atoms with Crippen LogP contribution in [0.3, 0.4) is 0 Å². The highest BCUT2D eigenvalue weighted by molar-refractivity contribution is 6.08. The lowest BCUT2D eigenvalue weighted by Gasteiger charge is -2.26. The van der Waals surface area contributed by atoms with E-state index in [9.17, 15) is 0 Å². The van der Waals surface area contributed by atoms with Crippen LogP contribution in [0.15, 0.2) is 146 Å². The van der Waals surface area contributed by atoms with Crippen molar-refractivity contribution in [3.63, 3.8) is 0 Å². The number of allylic oxidation sites excluding steroid dienone is 2. The van der Waals surface area contributed by atoms with Gasteiger partial charge in [0.05, 0.1) is 17.1 Å². The molecule has 3 aromatic heterocycles. The summed E-state index contributed by atoms with van der Waals surface area (Å²) in [7, 11) is 0. The van der Waals surface area contributed by atoms with Gasteiger partial charge in [0.2, 0.25) is 0 Å². The summed E-state index contributed by atoms with van der Waals surface area (Å²) in [5, 5.41) is 8.62. The zero-order valence-electron chi connectivity index (χ0n) is 22.3. The number of aromatic nitrogens is 3. The van der Waals surface area contributed by atoms with Crippen LogP contribution in [-0.4, -0.2) is 14.5 Å². The van der Waals surface area contributed by atoms with E-state index < -0.39 is 0 Å². The molecule has 8 rings (SSSR count). The highest BCUT2D eigenvalue weighted by Gasteiger charge is 2.20. The van der Waals surface area contributed by atoms with Crippen LogP contribution in [0.25, 0.3) is 49.5 Å². The molecular weight excluding hydrogens is 500 g/mol. The molecule has 1 atom stereocenters. The van der Waals surface area contributed by atoms with Crippen molar-refractivity contribution in [3.8, 4) is 5.69 Å². The van der Waals surface area contributed by atoms with E-state index in [4.69, 9.17) is 0 Å². The Bertz CT molecular complexity index is 2060. The first-order valence-corrected chi connectivity index (χ1v) is 13.9. The van der Waals surface area contributed by atoms with Crippen LogP contribution in [0, 0.1) is 0 Å². The molecule has 4 heterocycles. The fourth-order valence-electron chi connectivity index (χ4n) is 6.07. The Kier molecular flexibility index (Phi) is 5.49. The lowest BCUT2D eigenvalue weighted by molar-refractivity contribution is 0.763. The Morgan fingerprint density at radius 3 is 2.27 bits per heavy atom. The van der Waals surface area contributed by atoms with Crippen molar-refractivity contribution in [2.24, 2.45) is 0 Å². The lowest BCUT2D eigenvalue weighted by Crippen LogP contribution is -2.22. The van der Waals surface area contributed by atoms with Gasteiger partial charge in [-0.05, 0) is 70.0 Å². The van der Waals surface area contributed by atoms with E-state index in [0.717, 1.165) is 27.9 Å². The van der Waals surface area contributed by atoms with Crippen molar-refractivity contribution in [1.29, 1.82) is 0 Å². The van der Waals surface area contributed by atoms with E-state index in [1.807, 2.05) is 30.9 Å². The predicted molar refractivity (Wildman–Crippen MR) is 169 cm³/mol. The molecule has 41 heavy (non-hydrogen) atoms. The Balaban J connectivity index is 1.25. The molecule has 1 N–H and O–H groups in total. The highest BCUT2D eigenvalue weighted by atomic mass is 15.0. The smallest absolute Gasteiger partial charge is 0.0722 e. The molecule has 0 aliphatic carbocycles. The standard InChI is InChI=1S/C37H26N4/c1-2-10-30-26(7-1)8-5-12-31(30)35-22-28(21-34(40-35)27-9-6-19-38-23-27)25-14-16-29(17-15-25)41-36-13-4-3-11-32(36)33-24-39-20-18-37(33)41/h1-24,34,40H. The fraction of sp³-hybridized carbons (Fsp3) is 0.0270. The van der Waals surface area contributed by atoms with E-state index in [2.05, 4.69) is 135 Å². The van der Waals surface area contributed by atoms with Crippen molar-refractivity contribution >= 4 is 43.8 Å². The number of pyridine rings is 2. The third-order valence-corrected chi connectivity index (χ3v) is 8.01. The van der Waals surface area contributed by atoms with E-state index in [-0.39, 0.29) is 6.04 Å². The van der Waals surface area contributed by atoms with Crippen molar-refractivity contribution in [2.75, 3.05) is 0 Å². The molecule has 4 aromatic carbocycles. The molecule has 4 nitrogen and oxygen atoms in total. The topological polar surface area (TPSA) is 42.7 Å². The summed E-state index contributed by atoms with van der Waals surface area (Å²) >= 11 is 0. The van der Waals surface area contributed by atoms with Crippen molar-refractivity contribution in [1.82, 2.24) is 19.9 Å². The average Bonchev–Trinajstić information content (AvgIpc) is 3.39. The molecule has 1 unspecified atom stereocenters. The fourth-order valence-corrected chi connectivity index (χ4v) is 6.07. The van der Waals surface area contributed by atoms with Gasteiger partial charge < -0.3 is 9.88 Å².